The number of methoxy groups -OCH3 is 1. The van der Waals surface area contributed by atoms with E-state index in [-0.39, 0.29) is 5.41 Å². The van der Waals surface area contributed by atoms with Gasteiger partial charge in [0.05, 0.1) is 27.2 Å². The lowest BCUT2D eigenvalue weighted by Crippen LogP contribution is -2.49. The van der Waals surface area contributed by atoms with E-state index in [2.05, 4.69) is 41.7 Å². The maximum Gasteiger partial charge on any atom is 0.137 e. The Bertz CT molecular complexity index is 490. The van der Waals surface area contributed by atoms with Gasteiger partial charge in [-0.1, -0.05) is 20.8 Å². The van der Waals surface area contributed by atoms with Crippen molar-refractivity contribution in [3.63, 3.8) is 0 Å². The van der Waals surface area contributed by atoms with Crippen LogP contribution >= 0.6 is 0 Å². The predicted octanol–water partition coefficient (Wildman–Crippen LogP) is 3.22. The normalized spacial score (nSPS) is 13.7. The van der Waals surface area contributed by atoms with Crippen LogP contribution in [0.15, 0.2) is 18.2 Å². The first kappa shape index (κ1) is 19.8. The molecular formula is C19H34NO3+. The van der Waals surface area contributed by atoms with Gasteiger partial charge in [-0.15, -0.1) is 0 Å². The number of likely N-dealkylation sites (N-methyl/N-ethyl adjacent to an activating group) is 1. The highest BCUT2D eigenvalue weighted by atomic mass is 16.5. The smallest absolute Gasteiger partial charge is 0.137 e. The summed E-state index contributed by atoms with van der Waals surface area (Å²) in [4.78, 5) is 0. The molecule has 1 rings (SSSR count). The standard InChI is InChI=1S/C19H34NO3/c1-8-20(6,9-2)13-15(21)14-23-18-11-10-16(22-7)12-17(18)19(3,4)5/h10-12,15,21H,8-9,13-14H2,1-7H3/q+1. The minimum absolute atomic E-state index is 0.0494. The van der Waals surface area contributed by atoms with Crippen molar-refractivity contribution in [1.82, 2.24) is 0 Å². The van der Waals surface area contributed by atoms with Crippen LogP contribution in [0.5, 0.6) is 11.5 Å². The maximum absolute atomic E-state index is 10.3. The average molecular weight is 324 g/mol. The largest absolute Gasteiger partial charge is 0.497 e. The number of hydrogen-bond acceptors (Lipinski definition) is 3. The summed E-state index contributed by atoms with van der Waals surface area (Å²) in [5, 5.41) is 10.3. The molecule has 1 atom stereocenters. The third kappa shape index (κ3) is 5.70. The monoisotopic (exact) mass is 324 g/mol. The van der Waals surface area contributed by atoms with E-state index in [0.717, 1.165) is 34.6 Å². The van der Waals surface area contributed by atoms with E-state index < -0.39 is 6.10 Å². The highest BCUT2D eigenvalue weighted by molar-refractivity contribution is 5.44. The van der Waals surface area contributed by atoms with Gasteiger partial charge in [0, 0.05) is 5.56 Å². The fraction of sp³-hybridized carbons (Fsp3) is 0.684. The fourth-order valence-corrected chi connectivity index (χ4v) is 2.58. The van der Waals surface area contributed by atoms with E-state index in [1.807, 2.05) is 18.2 Å². The second-order valence-corrected chi connectivity index (χ2v) is 7.51. The van der Waals surface area contributed by atoms with E-state index in [1.54, 1.807) is 7.11 Å². The maximum atomic E-state index is 10.3. The van der Waals surface area contributed by atoms with E-state index in [4.69, 9.17) is 9.47 Å². The molecule has 0 aromatic heterocycles. The summed E-state index contributed by atoms with van der Waals surface area (Å²) in [6.45, 7) is 13.8. The molecule has 0 saturated carbocycles. The molecule has 0 aliphatic heterocycles. The first-order chi connectivity index (χ1) is 10.6. The Morgan fingerprint density at radius 3 is 2.26 bits per heavy atom. The van der Waals surface area contributed by atoms with Crippen LogP contribution in [0.3, 0.4) is 0 Å². The van der Waals surface area contributed by atoms with Gasteiger partial charge in [-0.05, 0) is 37.5 Å². The number of hydrogen-bond donors (Lipinski definition) is 1. The first-order valence-electron chi connectivity index (χ1n) is 8.48. The van der Waals surface area contributed by atoms with Crippen LogP contribution in [0.25, 0.3) is 0 Å². The van der Waals surface area contributed by atoms with Crippen LogP contribution in [0.1, 0.15) is 40.2 Å². The number of benzene rings is 1. The van der Waals surface area contributed by atoms with Crippen molar-refractivity contribution in [2.24, 2.45) is 0 Å². The van der Waals surface area contributed by atoms with Crippen molar-refractivity contribution in [3.8, 4) is 11.5 Å². The molecule has 0 saturated heterocycles. The molecule has 0 amide bonds. The molecule has 0 bridgehead atoms. The molecule has 4 nitrogen and oxygen atoms in total. The lowest BCUT2D eigenvalue weighted by atomic mass is 9.86. The van der Waals surface area contributed by atoms with Crippen LogP contribution < -0.4 is 9.47 Å². The van der Waals surface area contributed by atoms with E-state index >= 15 is 0 Å². The van der Waals surface area contributed by atoms with Crippen molar-refractivity contribution in [1.29, 1.82) is 0 Å². The molecule has 23 heavy (non-hydrogen) atoms. The Kier molecular flexibility index (Phi) is 6.90. The summed E-state index contributed by atoms with van der Waals surface area (Å²) in [5.74, 6) is 1.64. The molecule has 1 aromatic carbocycles. The number of quaternary nitrogens is 1. The molecule has 132 valence electrons. The van der Waals surface area contributed by atoms with Crippen LogP contribution in [0, 0.1) is 0 Å². The van der Waals surface area contributed by atoms with Crippen molar-refractivity contribution < 1.29 is 19.1 Å². The number of rotatable bonds is 8. The van der Waals surface area contributed by atoms with Crippen LogP contribution in [0.4, 0.5) is 0 Å². The summed E-state index contributed by atoms with van der Waals surface area (Å²) >= 11 is 0. The number of nitrogens with zero attached hydrogens (tertiary/aromatic N) is 1. The van der Waals surface area contributed by atoms with Crippen LogP contribution in [-0.2, 0) is 5.41 Å². The second-order valence-electron chi connectivity index (χ2n) is 7.51. The third-order valence-electron chi connectivity index (χ3n) is 4.60. The summed E-state index contributed by atoms with van der Waals surface area (Å²) < 4.78 is 12.1. The van der Waals surface area contributed by atoms with Crippen LogP contribution in [0.2, 0.25) is 0 Å². The molecule has 1 aromatic rings. The summed E-state index contributed by atoms with van der Waals surface area (Å²) in [6.07, 6.45) is -0.477. The SMILES string of the molecule is CC[N+](C)(CC)CC(O)COc1ccc(OC)cc1C(C)(C)C. The van der Waals surface area contributed by atoms with Gasteiger partial charge in [0.25, 0.3) is 0 Å². The van der Waals surface area contributed by atoms with E-state index in [0.29, 0.717) is 13.2 Å². The Morgan fingerprint density at radius 1 is 1.17 bits per heavy atom. The zero-order valence-corrected chi connectivity index (χ0v) is 15.8. The number of aliphatic hydroxyl groups excluding tert-OH is 1. The van der Waals surface area contributed by atoms with Crippen molar-refractivity contribution in [3.05, 3.63) is 23.8 Å². The Hall–Kier alpha value is -1.26. The van der Waals surface area contributed by atoms with Gasteiger partial charge in [-0.25, -0.2) is 0 Å². The Balaban J connectivity index is 2.81. The van der Waals surface area contributed by atoms with Gasteiger partial charge < -0.3 is 19.1 Å². The fourth-order valence-electron chi connectivity index (χ4n) is 2.58. The molecule has 1 N–H and O–H groups in total. The molecule has 1 unspecified atom stereocenters. The quantitative estimate of drug-likeness (QED) is 0.746. The van der Waals surface area contributed by atoms with Gasteiger partial charge in [0.2, 0.25) is 0 Å². The first-order valence-corrected chi connectivity index (χ1v) is 8.48. The molecule has 0 aliphatic carbocycles. The highest BCUT2D eigenvalue weighted by Gasteiger charge is 2.24. The zero-order valence-electron chi connectivity index (χ0n) is 15.8. The second kappa shape index (κ2) is 8.02. The Morgan fingerprint density at radius 2 is 1.78 bits per heavy atom. The lowest BCUT2D eigenvalue weighted by Gasteiger charge is -2.34. The van der Waals surface area contributed by atoms with E-state index in [9.17, 15) is 5.11 Å². The summed E-state index contributed by atoms with van der Waals surface area (Å²) in [5.41, 5.74) is 1.04. The van der Waals surface area contributed by atoms with Gasteiger partial charge in [0.15, 0.2) is 0 Å². The zero-order chi connectivity index (χ0) is 17.7. The van der Waals surface area contributed by atoms with Gasteiger partial charge in [0.1, 0.15) is 30.8 Å². The predicted molar refractivity (Wildman–Crippen MR) is 95.3 cm³/mol. The van der Waals surface area contributed by atoms with Crippen molar-refractivity contribution in [2.45, 2.75) is 46.1 Å². The van der Waals surface area contributed by atoms with Crippen molar-refractivity contribution in [2.75, 3.05) is 40.4 Å². The molecule has 0 heterocycles. The Labute approximate surface area is 141 Å². The molecule has 0 fully saturated rings. The summed E-state index contributed by atoms with van der Waals surface area (Å²) in [7, 11) is 3.83. The van der Waals surface area contributed by atoms with Gasteiger partial charge in [-0.3, -0.25) is 0 Å². The highest BCUT2D eigenvalue weighted by Crippen LogP contribution is 2.34. The molecular weight excluding hydrogens is 290 g/mol. The summed E-state index contributed by atoms with van der Waals surface area (Å²) in [6, 6.07) is 5.84. The third-order valence-corrected chi connectivity index (χ3v) is 4.60. The molecule has 0 spiro atoms. The molecule has 4 heteroatoms. The number of ether oxygens (including phenoxy) is 2. The van der Waals surface area contributed by atoms with E-state index in [1.165, 1.54) is 0 Å². The lowest BCUT2D eigenvalue weighted by molar-refractivity contribution is -0.909. The minimum Gasteiger partial charge on any atom is -0.497 e. The van der Waals surface area contributed by atoms with Gasteiger partial charge in [-0.2, -0.15) is 0 Å². The number of aliphatic hydroxyl groups is 1. The molecule has 0 radical (unpaired) electrons. The van der Waals surface area contributed by atoms with Gasteiger partial charge >= 0.3 is 0 Å². The van der Waals surface area contributed by atoms with Crippen molar-refractivity contribution >= 4 is 0 Å². The minimum atomic E-state index is -0.477. The average Bonchev–Trinajstić information content (AvgIpc) is 2.51. The molecule has 0 aliphatic rings. The van der Waals surface area contributed by atoms with Crippen LogP contribution in [-0.4, -0.2) is 56.1 Å². The topological polar surface area (TPSA) is 38.7 Å².